The fourth-order valence-corrected chi connectivity index (χ4v) is 4.67. The number of aryl methyl sites for hydroxylation is 1. The molecule has 0 bridgehead atoms. The molecule has 0 spiro atoms. The Morgan fingerprint density at radius 2 is 1.97 bits per heavy atom. The summed E-state index contributed by atoms with van der Waals surface area (Å²) in [7, 11) is 1.60. The molecule has 1 aromatic heterocycles. The van der Waals surface area contributed by atoms with Crippen LogP contribution in [0.3, 0.4) is 0 Å². The second-order valence-corrected chi connectivity index (χ2v) is 8.75. The third-order valence-corrected chi connectivity index (χ3v) is 6.68. The Kier molecular flexibility index (Phi) is 7.84. The summed E-state index contributed by atoms with van der Waals surface area (Å²) in [6.07, 6.45) is 0. The van der Waals surface area contributed by atoms with E-state index in [9.17, 15) is 9.59 Å². The minimum absolute atomic E-state index is 0.0490. The summed E-state index contributed by atoms with van der Waals surface area (Å²) in [4.78, 5) is 28.5. The van der Waals surface area contributed by atoms with Crippen LogP contribution in [0.15, 0.2) is 28.6 Å². The van der Waals surface area contributed by atoms with Crippen LogP contribution >= 0.6 is 23.1 Å². The lowest BCUT2D eigenvalue weighted by Crippen LogP contribution is -2.48. The highest BCUT2D eigenvalue weighted by atomic mass is 32.2. The summed E-state index contributed by atoms with van der Waals surface area (Å²) in [6, 6.07) is 7.68. The molecule has 1 saturated heterocycles. The molecule has 29 heavy (non-hydrogen) atoms. The van der Waals surface area contributed by atoms with Crippen molar-refractivity contribution in [2.45, 2.75) is 11.3 Å². The lowest BCUT2D eigenvalue weighted by atomic mass is 10.1. The Balaban J connectivity index is 1.47. The number of benzene rings is 1. The number of carbonyl (C=O) groups is 2. The monoisotopic (exact) mass is 435 g/mol. The number of hydrogen-bond acceptors (Lipinski definition) is 8. The maximum Gasteiger partial charge on any atom is 0.254 e. The zero-order chi connectivity index (χ0) is 20.6. The van der Waals surface area contributed by atoms with Gasteiger partial charge in [-0.1, -0.05) is 41.3 Å². The number of nitrogens with one attached hydrogen (secondary N) is 1. The van der Waals surface area contributed by atoms with Crippen LogP contribution < -0.4 is 10.2 Å². The van der Waals surface area contributed by atoms with E-state index in [0.29, 0.717) is 45.1 Å². The number of anilines is 1. The van der Waals surface area contributed by atoms with Crippen LogP contribution in [-0.4, -0.2) is 79.1 Å². The van der Waals surface area contributed by atoms with E-state index < -0.39 is 0 Å². The fraction of sp³-hybridized carbons (Fsp3) is 0.474. The van der Waals surface area contributed by atoms with Crippen molar-refractivity contribution in [2.24, 2.45) is 0 Å². The summed E-state index contributed by atoms with van der Waals surface area (Å²) in [5.41, 5.74) is 1.76. The van der Waals surface area contributed by atoms with E-state index in [-0.39, 0.29) is 11.8 Å². The molecule has 0 atom stereocenters. The maximum atomic E-state index is 12.7. The van der Waals surface area contributed by atoms with Gasteiger partial charge >= 0.3 is 0 Å². The predicted octanol–water partition coefficient (Wildman–Crippen LogP) is 1.66. The highest BCUT2D eigenvalue weighted by Gasteiger charge is 2.25. The number of hydrogen-bond donors (Lipinski definition) is 1. The van der Waals surface area contributed by atoms with Gasteiger partial charge in [0.05, 0.1) is 12.4 Å². The minimum Gasteiger partial charge on any atom is -0.383 e. The average molecular weight is 436 g/mol. The van der Waals surface area contributed by atoms with E-state index in [4.69, 9.17) is 4.74 Å². The number of piperazine rings is 1. The molecule has 2 heterocycles. The van der Waals surface area contributed by atoms with Gasteiger partial charge in [0.15, 0.2) is 4.34 Å². The highest BCUT2D eigenvalue weighted by Crippen LogP contribution is 2.28. The molecule has 156 valence electrons. The number of nitrogens with zero attached hydrogens (tertiary/aromatic N) is 4. The van der Waals surface area contributed by atoms with Gasteiger partial charge in [0, 0.05) is 45.4 Å². The number of rotatable bonds is 8. The molecule has 1 N–H and O–H groups in total. The van der Waals surface area contributed by atoms with Crippen molar-refractivity contribution in [1.82, 2.24) is 20.4 Å². The first-order valence-electron chi connectivity index (χ1n) is 9.40. The summed E-state index contributed by atoms with van der Waals surface area (Å²) >= 11 is 2.85. The van der Waals surface area contributed by atoms with Crippen molar-refractivity contribution in [1.29, 1.82) is 0 Å². The average Bonchev–Trinajstić information content (AvgIpc) is 3.21. The predicted molar refractivity (Wildman–Crippen MR) is 115 cm³/mol. The Morgan fingerprint density at radius 1 is 1.21 bits per heavy atom. The van der Waals surface area contributed by atoms with Gasteiger partial charge in [0.25, 0.3) is 5.91 Å². The van der Waals surface area contributed by atoms with Crippen LogP contribution in [0.5, 0.6) is 0 Å². The molecule has 0 saturated carbocycles. The van der Waals surface area contributed by atoms with Gasteiger partial charge in [0.1, 0.15) is 0 Å². The van der Waals surface area contributed by atoms with Gasteiger partial charge in [-0.15, -0.1) is 10.2 Å². The highest BCUT2D eigenvalue weighted by molar-refractivity contribution is 8.01. The van der Waals surface area contributed by atoms with Crippen LogP contribution in [0.25, 0.3) is 0 Å². The summed E-state index contributed by atoms with van der Waals surface area (Å²) in [5.74, 6) is 0.333. The second kappa shape index (κ2) is 10.6. The number of methoxy groups -OCH3 is 1. The molecule has 1 aliphatic heterocycles. The number of carbonyl (C=O) groups excluding carboxylic acids is 2. The van der Waals surface area contributed by atoms with Crippen LogP contribution in [0.1, 0.15) is 15.9 Å². The number of ether oxygens (including phenoxy) is 1. The fourth-order valence-electron chi connectivity index (χ4n) is 2.94. The topological polar surface area (TPSA) is 87.7 Å². The van der Waals surface area contributed by atoms with E-state index in [0.717, 1.165) is 20.6 Å². The lowest BCUT2D eigenvalue weighted by Gasteiger charge is -2.34. The molecule has 2 amide bonds. The third kappa shape index (κ3) is 5.91. The van der Waals surface area contributed by atoms with Gasteiger partial charge < -0.3 is 19.9 Å². The number of aromatic nitrogens is 2. The lowest BCUT2D eigenvalue weighted by molar-refractivity contribution is -0.118. The molecule has 3 rings (SSSR count). The SMILES string of the molecule is COCCNC(=O)CSc1nnc(N2CCN(C(=O)c3ccccc3C)CC2)s1. The van der Waals surface area contributed by atoms with Gasteiger partial charge in [-0.2, -0.15) is 0 Å². The van der Waals surface area contributed by atoms with Crippen molar-refractivity contribution >= 4 is 40.0 Å². The van der Waals surface area contributed by atoms with Crippen LogP contribution in [0.2, 0.25) is 0 Å². The Hall–Kier alpha value is -2.17. The summed E-state index contributed by atoms with van der Waals surface area (Å²) in [6.45, 7) is 5.69. The zero-order valence-corrected chi connectivity index (χ0v) is 18.2. The molecular formula is C19H25N5O3S2. The van der Waals surface area contributed by atoms with E-state index in [1.807, 2.05) is 36.1 Å². The van der Waals surface area contributed by atoms with Crippen molar-refractivity contribution in [2.75, 3.05) is 57.1 Å². The van der Waals surface area contributed by atoms with Gasteiger partial charge in [-0.25, -0.2) is 0 Å². The molecule has 0 aliphatic carbocycles. The van der Waals surface area contributed by atoms with E-state index >= 15 is 0 Å². The molecule has 8 nitrogen and oxygen atoms in total. The van der Waals surface area contributed by atoms with Gasteiger partial charge in [0.2, 0.25) is 11.0 Å². The molecule has 1 aromatic carbocycles. The largest absolute Gasteiger partial charge is 0.383 e. The zero-order valence-electron chi connectivity index (χ0n) is 16.6. The van der Waals surface area contributed by atoms with Crippen molar-refractivity contribution < 1.29 is 14.3 Å². The van der Waals surface area contributed by atoms with Crippen LogP contribution in [0.4, 0.5) is 5.13 Å². The molecule has 0 unspecified atom stereocenters. The quantitative estimate of drug-likeness (QED) is 0.498. The van der Waals surface area contributed by atoms with Crippen LogP contribution in [0, 0.1) is 6.92 Å². The van der Waals surface area contributed by atoms with Gasteiger partial charge in [-0.3, -0.25) is 9.59 Å². The molecule has 2 aromatic rings. The van der Waals surface area contributed by atoms with Gasteiger partial charge in [-0.05, 0) is 18.6 Å². The van der Waals surface area contributed by atoms with Crippen molar-refractivity contribution in [3.8, 4) is 0 Å². The van der Waals surface area contributed by atoms with Crippen molar-refractivity contribution in [3.63, 3.8) is 0 Å². The van der Waals surface area contributed by atoms with Crippen LogP contribution in [-0.2, 0) is 9.53 Å². The first-order chi connectivity index (χ1) is 14.1. The second-order valence-electron chi connectivity index (χ2n) is 6.58. The van der Waals surface area contributed by atoms with Crippen molar-refractivity contribution in [3.05, 3.63) is 35.4 Å². The molecule has 0 radical (unpaired) electrons. The molecule has 1 fully saturated rings. The third-order valence-electron chi connectivity index (χ3n) is 4.56. The minimum atomic E-state index is -0.0490. The summed E-state index contributed by atoms with van der Waals surface area (Å²) < 4.78 is 5.67. The smallest absolute Gasteiger partial charge is 0.254 e. The van der Waals surface area contributed by atoms with E-state index in [1.54, 1.807) is 7.11 Å². The first kappa shape index (κ1) is 21.5. The normalized spacial score (nSPS) is 14.1. The standard InChI is InChI=1S/C19H25N5O3S2/c1-14-5-3-4-6-15(14)17(26)23-8-10-24(11-9-23)18-21-22-19(29-18)28-13-16(25)20-7-12-27-2/h3-6H,7-13H2,1-2H3,(H,20,25). The molecule has 1 aliphatic rings. The Labute approximate surface area is 178 Å². The maximum absolute atomic E-state index is 12.7. The Morgan fingerprint density at radius 3 is 2.69 bits per heavy atom. The first-order valence-corrected chi connectivity index (χ1v) is 11.2. The van der Waals surface area contributed by atoms with E-state index in [1.165, 1.54) is 23.1 Å². The van der Waals surface area contributed by atoms with E-state index in [2.05, 4.69) is 20.4 Å². The Bertz CT molecular complexity index is 837. The molecule has 10 heteroatoms. The number of thioether (sulfide) groups is 1. The summed E-state index contributed by atoms with van der Waals surface area (Å²) in [5, 5.41) is 12.0. The molecular weight excluding hydrogens is 410 g/mol. The number of amides is 2.